The Bertz CT molecular complexity index is 493. The van der Waals surface area contributed by atoms with Crippen molar-refractivity contribution in [2.24, 2.45) is 4.99 Å². The highest BCUT2D eigenvalue weighted by molar-refractivity contribution is 5.80. The molecule has 0 saturated carbocycles. The minimum Gasteiger partial charge on any atom is -0.381 e. The molecule has 27 heavy (non-hydrogen) atoms. The van der Waals surface area contributed by atoms with Gasteiger partial charge in [-0.25, -0.2) is 0 Å². The molecule has 0 aromatic heterocycles. The Morgan fingerprint density at radius 2 is 1.74 bits per heavy atom. The van der Waals surface area contributed by atoms with E-state index in [2.05, 4.69) is 26.9 Å². The molecule has 4 saturated heterocycles. The van der Waals surface area contributed by atoms with Crippen molar-refractivity contribution in [1.29, 1.82) is 0 Å². The minimum atomic E-state index is 0.226. The summed E-state index contributed by atoms with van der Waals surface area (Å²) >= 11 is 0. The largest absolute Gasteiger partial charge is 0.381 e. The lowest BCUT2D eigenvalue weighted by atomic mass is 9.88. The van der Waals surface area contributed by atoms with E-state index < -0.39 is 0 Å². The van der Waals surface area contributed by atoms with Crippen molar-refractivity contribution in [3.8, 4) is 0 Å². The SMILES string of the molecule is CCNC(=NCC1(N2CCCC2)CCOCC1)N1CCC(N2CCCC2)C1. The van der Waals surface area contributed by atoms with Crippen LogP contribution in [0.15, 0.2) is 4.99 Å². The van der Waals surface area contributed by atoms with Gasteiger partial charge >= 0.3 is 0 Å². The molecule has 0 aliphatic carbocycles. The van der Waals surface area contributed by atoms with Gasteiger partial charge in [-0.15, -0.1) is 0 Å². The van der Waals surface area contributed by atoms with Crippen LogP contribution in [0.4, 0.5) is 0 Å². The zero-order chi connectivity index (χ0) is 18.5. The first-order chi connectivity index (χ1) is 13.3. The van der Waals surface area contributed by atoms with Gasteiger partial charge in [0.25, 0.3) is 0 Å². The number of ether oxygens (including phenoxy) is 1. The lowest BCUT2D eigenvalue weighted by molar-refractivity contribution is -0.0139. The topological polar surface area (TPSA) is 43.3 Å². The van der Waals surface area contributed by atoms with Gasteiger partial charge in [-0.05, 0) is 78.0 Å². The van der Waals surface area contributed by atoms with Gasteiger partial charge in [0.1, 0.15) is 0 Å². The molecule has 4 fully saturated rings. The summed E-state index contributed by atoms with van der Waals surface area (Å²) < 4.78 is 5.70. The van der Waals surface area contributed by atoms with Crippen molar-refractivity contribution >= 4 is 5.96 Å². The molecule has 0 radical (unpaired) electrons. The van der Waals surface area contributed by atoms with Crippen LogP contribution in [0.3, 0.4) is 0 Å². The number of aliphatic imine (C=N–C) groups is 1. The molecule has 4 aliphatic heterocycles. The second kappa shape index (κ2) is 9.10. The smallest absolute Gasteiger partial charge is 0.194 e. The summed E-state index contributed by atoms with van der Waals surface area (Å²) in [5.74, 6) is 1.14. The lowest BCUT2D eigenvalue weighted by Crippen LogP contribution is -2.54. The highest BCUT2D eigenvalue weighted by Crippen LogP contribution is 2.32. The van der Waals surface area contributed by atoms with Crippen LogP contribution in [-0.4, -0.2) is 97.8 Å². The van der Waals surface area contributed by atoms with E-state index in [1.54, 1.807) is 0 Å². The molecule has 1 atom stereocenters. The summed E-state index contributed by atoms with van der Waals surface area (Å²) in [7, 11) is 0. The highest BCUT2D eigenvalue weighted by atomic mass is 16.5. The second-order valence-corrected chi connectivity index (χ2v) is 8.83. The molecule has 4 heterocycles. The van der Waals surface area contributed by atoms with Gasteiger partial charge in [0.2, 0.25) is 0 Å². The minimum absolute atomic E-state index is 0.226. The Kier molecular flexibility index (Phi) is 6.56. The third-order valence-electron chi connectivity index (χ3n) is 7.18. The maximum Gasteiger partial charge on any atom is 0.194 e. The van der Waals surface area contributed by atoms with Crippen LogP contribution >= 0.6 is 0 Å². The normalized spacial score (nSPS) is 30.3. The fourth-order valence-corrected chi connectivity index (χ4v) is 5.50. The van der Waals surface area contributed by atoms with Gasteiger partial charge in [-0.2, -0.15) is 0 Å². The van der Waals surface area contributed by atoms with Gasteiger partial charge in [0.15, 0.2) is 5.96 Å². The predicted octanol–water partition coefficient (Wildman–Crippen LogP) is 1.77. The van der Waals surface area contributed by atoms with E-state index in [0.717, 1.165) is 64.2 Å². The summed E-state index contributed by atoms with van der Waals surface area (Å²) in [5, 5.41) is 3.59. The van der Waals surface area contributed by atoms with E-state index in [1.165, 1.54) is 58.3 Å². The molecule has 0 aromatic carbocycles. The van der Waals surface area contributed by atoms with Crippen molar-refractivity contribution in [3.63, 3.8) is 0 Å². The van der Waals surface area contributed by atoms with Crippen LogP contribution in [0.2, 0.25) is 0 Å². The van der Waals surface area contributed by atoms with Crippen molar-refractivity contribution in [1.82, 2.24) is 20.0 Å². The number of likely N-dealkylation sites (tertiary alicyclic amines) is 3. The molecular formula is C21H39N5O. The standard InChI is InChI=1S/C21H39N5O/c1-2-22-20(25-14-7-19(17-25)24-10-3-4-11-24)23-18-21(8-15-27-16-9-21)26-12-5-6-13-26/h19H,2-18H2,1H3,(H,22,23). The fourth-order valence-electron chi connectivity index (χ4n) is 5.50. The Hall–Kier alpha value is -0.850. The maximum absolute atomic E-state index is 5.70. The number of nitrogens with one attached hydrogen (secondary N) is 1. The Balaban J connectivity index is 1.43. The van der Waals surface area contributed by atoms with E-state index in [0.29, 0.717) is 0 Å². The third-order valence-corrected chi connectivity index (χ3v) is 7.18. The molecule has 0 bridgehead atoms. The van der Waals surface area contributed by atoms with Crippen LogP contribution in [0.1, 0.15) is 51.9 Å². The van der Waals surface area contributed by atoms with Crippen LogP contribution < -0.4 is 5.32 Å². The molecule has 0 aromatic rings. The van der Waals surface area contributed by atoms with Gasteiger partial charge < -0.3 is 15.0 Å². The molecule has 6 nitrogen and oxygen atoms in total. The van der Waals surface area contributed by atoms with E-state index in [9.17, 15) is 0 Å². The molecule has 4 rings (SSSR count). The van der Waals surface area contributed by atoms with Gasteiger partial charge in [-0.1, -0.05) is 0 Å². The van der Waals surface area contributed by atoms with Gasteiger partial charge in [-0.3, -0.25) is 14.8 Å². The van der Waals surface area contributed by atoms with E-state index in [-0.39, 0.29) is 5.54 Å². The summed E-state index contributed by atoms with van der Waals surface area (Å²) in [6, 6.07) is 0.729. The summed E-state index contributed by atoms with van der Waals surface area (Å²) in [6.45, 7) is 13.2. The number of hydrogen-bond acceptors (Lipinski definition) is 4. The Morgan fingerprint density at radius 1 is 1.04 bits per heavy atom. The van der Waals surface area contributed by atoms with Crippen LogP contribution in [-0.2, 0) is 4.74 Å². The molecule has 0 spiro atoms. The maximum atomic E-state index is 5.70. The molecular weight excluding hydrogens is 338 g/mol. The number of rotatable bonds is 5. The molecule has 4 aliphatic rings. The second-order valence-electron chi connectivity index (χ2n) is 8.83. The number of hydrogen-bond donors (Lipinski definition) is 1. The van der Waals surface area contributed by atoms with E-state index in [1.807, 2.05) is 0 Å². The average Bonchev–Trinajstić information content (AvgIpc) is 3.47. The van der Waals surface area contributed by atoms with Gasteiger partial charge in [0.05, 0.1) is 6.54 Å². The monoisotopic (exact) mass is 377 g/mol. The molecule has 1 N–H and O–H groups in total. The van der Waals surface area contributed by atoms with Crippen LogP contribution in [0, 0.1) is 0 Å². The molecule has 154 valence electrons. The first-order valence-electron chi connectivity index (χ1n) is 11.4. The van der Waals surface area contributed by atoms with Crippen molar-refractivity contribution in [2.45, 2.75) is 63.5 Å². The molecule has 1 unspecified atom stereocenters. The van der Waals surface area contributed by atoms with Gasteiger partial charge in [0, 0.05) is 44.4 Å². The summed E-state index contributed by atoms with van der Waals surface area (Å²) in [4.78, 5) is 13.2. The highest BCUT2D eigenvalue weighted by Gasteiger charge is 2.40. The van der Waals surface area contributed by atoms with Crippen LogP contribution in [0.25, 0.3) is 0 Å². The average molecular weight is 378 g/mol. The fraction of sp³-hybridized carbons (Fsp3) is 0.952. The molecule has 6 heteroatoms. The predicted molar refractivity (Wildman–Crippen MR) is 110 cm³/mol. The van der Waals surface area contributed by atoms with E-state index >= 15 is 0 Å². The van der Waals surface area contributed by atoms with Crippen molar-refractivity contribution in [2.75, 3.05) is 65.6 Å². The zero-order valence-corrected chi connectivity index (χ0v) is 17.3. The van der Waals surface area contributed by atoms with Crippen molar-refractivity contribution < 1.29 is 4.74 Å². The first kappa shape index (κ1) is 19.5. The summed E-state index contributed by atoms with van der Waals surface area (Å²) in [6.07, 6.45) is 9.00. The lowest BCUT2D eigenvalue weighted by Gasteiger charge is -2.43. The Morgan fingerprint density at radius 3 is 2.44 bits per heavy atom. The summed E-state index contributed by atoms with van der Waals surface area (Å²) in [5.41, 5.74) is 0.226. The zero-order valence-electron chi connectivity index (χ0n) is 17.3. The number of nitrogens with zero attached hydrogens (tertiary/aromatic N) is 4. The third kappa shape index (κ3) is 4.43. The quantitative estimate of drug-likeness (QED) is 0.584. The first-order valence-corrected chi connectivity index (χ1v) is 11.4. The van der Waals surface area contributed by atoms with Crippen LogP contribution in [0.5, 0.6) is 0 Å². The number of guanidine groups is 1. The van der Waals surface area contributed by atoms with E-state index in [4.69, 9.17) is 9.73 Å². The molecule has 0 amide bonds. The van der Waals surface area contributed by atoms with Crippen molar-refractivity contribution in [3.05, 3.63) is 0 Å². The Labute approximate surface area is 165 Å².